The summed E-state index contributed by atoms with van der Waals surface area (Å²) in [5, 5.41) is 4.94. The Bertz CT molecular complexity index is 839. The lowest BCUT2D eigenvalue weighted by Gasteiger charge is -2.08. The summed E-state index contributed by atoms with van der Waals surface area (Å²) >= 11 is 5.75. The van der Waals surface area contributed by atoms with Gasteiger partial charge in [-0.25, -0.2) is 22.7 Å². The van der Waals surface area contributed by atoms with E-state index in [4.69, 9.17) is 26.2 Å². The van der Waals surface area contributed by atoms with Crippen molar-refractivity contribution >= 4 is 27.6 Å². The predicted molar refractivity (Wildman–Crippen MR) is 85.0 cm³/mol. The van der Waals surface area contributed by atoms with E-state index in [2.05, 4.69) is 0 Å². The van der Waals surface area contributed by atoms with Crippen LogP contribution >= 0.6 is 11.6 Å². The lowest BCUT2D eigenvalue weighted by molar-refractivity contribution is 0.0450. The van der Waals surface area contributed by atoms with Crippen molar-refractivity contribution in [2.75, 3.05) is 13.2 Å². The third-order valence-electron chi connectivity index (χ3n) is 2.89. The van der Waals surface area contributed by atoms with Gasteiger partial charge in [0.25, 0.3) is 0 Å². The van der Waals surface area contributed by atoms with E-state index in [1.54, 1.807) is 0 Å². The monoisotopic (exact) mass is 373 g/mol. The van der Waals surface area contributed by atoms with Crippen LogP contribution < -0.4 is 9.88 Å². The van der Waals surface area contributed by atoms with E-state index in [0.29, 0.717) is 5.75 Å². The zero-order valence-electron chi connectivity index (χ0n) is 12.2. The molecule has 128 valence electrons. The summed E-state index contributed by atoms with van der Waals surface area (Å²) in [6, 6.07) is 8.81. The van der Waals surface area contributed by atoms with Crippen LogP contribution in [0.15, 0.2) is 47.4 Å². The number of primary sulfonamides is 1. The molecule has 0 aromatic heterocycles. The molecule has 0 heterocycles. The molecule has 9 heteroatoms. The molecule has 0 aliphatic heterocycles. The number of halogens is 2. The van der Waals surface area contributed by atoms with E-state index >= 15 is 0 Å². The molecular weight excluding hydrogens is 361 g/mol. The summed E-state index contributed by atoms with van der Waals surface area (Å²) < 4.78 is 45.4. The number of carbonyl (C=O) groups excluding carboxylic acids is 1. The molecule has 0 saturated heterocycles. The summed E-state index contributed by atoms with van der Waals surface area (Å²) in [5.74, 6) is -0.866. The van der Waals surface area contributed by atoms with E-state index in [1.807, 2.05) is 0 Å². The summed E-state index contributed by atoms with van der Waals surface area (Å²) in [4.78, 5) is 11.7. The second-order valence-corrected chi connectivity index (χ2v) is 6.59. The van der Waals surface area contributed by atoms with Crippen LogP contribution in [-0.2, 0) is 14.8 Å². The molecule has 2 aromatic rings. The molecule has 0 bridgehead atoms. The van der Waals surface area contributed by atoms with Crippen LogP contribution in [-0.4, -0.2) is 27.6 Å². The molecule has 0 radical (unpaired) electrons. The average Bonchev–Trinajstić information content (AvgIpc) is 2.51. The number of carbonyl (C=O) groups is 1. The molecule has 0 saturated carbocycles. The zero-order valence-corrected chi connectivity index (χ0v) is 13.8. The highest BCUT2D eigenvalue weighted by Crippen LogP contribution is 2.18. The van der Waals surface area contributed by atoms with E-state index in [1.165, 1.54) is 30.3 Å². The molecule has 2 rings (SSSR count). The fourth-order valence-electron chi connectivity index (χ4n) is 1.75. The van der Waals surface area contributed by atoms with Crippen LogP contribution in [0.25, 0.3) is 0 Å². The molecule has 0 aliphatic carbocycles. The molecule has 24 heavy (non-hydrogen) atoms. The first-order valence-electron chi connectivity index (χ1n) is 6.65. The van der Waals surface area contributed by atoms with Crippen molar-refractivity contribution in [1.29, 1.82) is 0 Å². The normalized spacial score (nSPS) is 11.1. The lowest BCUT2D eigenvalue weighted by Crippen LogP contribution is -2.13. The fourth-order valence-corrected chi connectivity index (χ4v) is 2.51. The van der Waals surface area contributed by atoms with E-state index in [0.717, 1.165) is 12.1 Å². The van der Waals surface area contributed by atoms with Gasteiger partial charge < -0.3 is 9.47 Å². The van der Waals surface area contributed by atoms with Crippen molar-refractivity contribution in [3.8, 4) is 5.75 Å². The third kappa shape index (κ3) is 4.92. The number of benzene rings is 2. The Labute approximate surface area is 143 Å². The molecular formula is C15H13ClFNO5S. The minimum absolute atomic E-state index is 0.0350. The van der Waals surface area contributed by atoms with Gasteiger partial charge in [-0.3, -0.25) is 0 Å². The second kappa shape index (κ2) is 7.61. The van der Waals surface area contributed by atoms with Crippen LogP contribution in [0.2, 0.25) is 5.02 Å². The van der Waals surface area contributed by atoms with Crippen LogP contribution in [0.1, 0.15) is 10.4 Å². The molecule has 0 fully saturated rings. The number of hydrogen-bond donors (Lipinski definition) is 1. The van der Waals surface area contributed by atoms with Gasteiger partial charge in [-0.05, 0) is 42.5 Å². The number of rotatable bonds is 6. The zero-order chi connectivity index (χ0) is 17.7. The van der Waals surface area contributed by atoms with E-state index < -0.39 is 21.8 Å². The highest BCUT2D eigenvalue weighted by atomic mass is 35.5. The number of ether oxygens (including phenoxy) is 2. The Kier molecular flexibility index (Phi) is 5.76. The van der Waals surface area contributed by atoms with Gasteiger partial charge in [-0.2, -0.15) is 0 Å². The highest BCUT2D eigenvalue weighted by molar-refractivity contribution is 7.89. The van der Waals surface area contributed by atoms with Gasteiger partial charge in [0.05, 0.1) is 15.5 Å². The molecule has 2 aromatic carbocycles. The predicted octanol–water partition coefficient (Wildman–Crippen LogP) is 2.36. The quantitative estimate of drug-likeness (QED) is 0.619. The topological polar surface area (TPSA) is 95.7 Å². The number of esters is 1. The van der Waals surface area contributed by atoms with Crippen LogP contribution in [0.3, 0.4) is 0 Å². The van der Waals surface area contributed by atoms with E-state index in [-0.39, 0.29) is 28.7 Å². The number of hydrogen-bond acceptors (Lipinski definition) is 5. The van der Waals surface area contributed by atoms with Crippen LogP contribution in [0, 0.1) is 5.82 Å². The Balaban J connectivity index is 1.83. The van der Waals surface area contributed by atoms with Crippen LogP contribution in [0.5, 0.6) is 5.75 Å². The number of sulfonamides is 1. The van der Waals surface area contributed by atoms with Gasteiger partial charge in [0.2, 0.25) is 10.0 Å². The minimum Gasteiger partial charge on any atom is -0.490 e. The van der Waals surface area contributed by atoms with Gasteiger partial charge >= 0.3 is 5.97 Å². The summed E-state index contributed by atoms with van der Waals surface area (Å²) in [6.45, 7) is -0.0250. The Morgan fingerprint density at radius 2 is 1.79 bits per heavy atom. The number of nitrogens with two attached hydrogens (primary N) is 1. The summed E-state index contributed by atoms with van der Waals surface area (Å²) in [6.07, 6.45) is 0. The highest BCUT2D eigenvalue weighted by Gasteiger charge is 2.12. The first kappa shape index (κ1) is 18.2. The van der Waals surface area contributed by atoms with Crippen molar-refractivity contribution in [2.24, 2.45) is 5.14 Å². The molecule has 0 aliphatic rings. The van der Waals surface area contributed by atoms with Crippen molar-refractivity contribution < 1.29 is 27.1 Å². The summed E-state index contributed by atoms with van der Waals surface area (Å²) in [7, 11) is -3.76. The fraction of sp³-hybridized carbons (Fsp3) is 0.133. The molecule has 0 atom stereocenters. The maximum Gasteiger partial charge on any atom is 0.339 e. The SMILES string of the molecule is NS(=O)(=O)c1ccc(OCCOC(=O)c2ccc(F)cc2Cl)cc1. The molecule has 0 amide bonds. The largest absolute Gasteiger partial charge is 0.490 e. The molecule has 0 unspecified atom stereocenters. The summed E-state index contributed by atoms with van der Waals surface area (Å²) in [5.41, 5.74) is 0.0515. The van der Waals surface area contributed by atoms with Gasteiger partial charge in [0.15, 0.2) is 0 Å². The van der Waals surface area contributed by atoms with Gasteiger partial charge in [0.1, 0.15) is 24.8 Å². The third-order valence-corrected chi connectivity index (χ3v) is 4.13. The second-order valence-electron chi connectivity index (χ2n) is 4.62. The molecule has 6 nitrogen and oxygen atoms in total. The standard InChI is InChI=1S/C15H13ClFNO5S/c16-14-9-10(17)1-6-13(14)15(19)23-8-7-22-11-2-4-12(5-3-11)24(18,20)21/h1-6,9H,7-8H2,(H2,18,20,21). The van der Waals surface area contributed by atoms with Gasteiger partial charge in [-0.15, -0.1) is 0 Å². The smallest absolute Gasteiger partial charge is 0.339 e. The lowest BCUT2D eigenvalue weighted by atomic mass is 10.2. The van der Waals surface area contributed by atoms with Crippen LogP contribution in [0.4, 0.5) is 4.39 Å². The Morgan fingerprint density at radius 3 is 2.38 bits per heavy atom. The van der Waals surface area contributed by atoms with E-state index in [9.17, 15) is 17.6 Å². The Hall–Kier alpha value is -2.16. The first-order valence-corrected chi connectivity index (χ1v) is 8.57. The van der Waals surface area contributed by atoms with Crippen molar-refractivity contribution in [3.05, 3.63) is 58.9 Å². The maximum absolute atomic E-state index is 12.9. The molecule has 2 N–H and O–H groups in total. The molecule has 0 spiro atoms. The van der Waals surface area contributed by atoms with Gasteiger partial charge in [0, 0.05) is 0 Å². The van der Waals surface area contributed by atoms with Crippen molar-refractivity contribution in [2.45, 2.75) is 4.90 Å². The maximum atomic E-state index is 12.9. The Morgan fingerprint density at radius 1 is 1.12 bits per heavy atom. The van der Waals surface area contributed by atoms with Crippen molar-refractivity contribution in [1.82, 2.24) is 0 Å². The van der Waals surface area contributed by atoms with Gasteiger partial charge in [-0.1, -0.05) is 11.6 Å². The average molecular weight is 374 g/mol. The minimum atomic E-state index is -3.76. The van der Waals surface area contributed by atoms with Crippen molar-refractivity contribution in [3.63, 3.8) is 0 Å². The first-order chi connectivity index (χ1) is 11.3.